The summed E-state index contributed by atoms with van der Waals surface area (Å²) in [4.78, 5) is 15.7. The first kappa shape index (κ1) is 22.6. The molecule has 2 heterocycles. The molecule has 3 N–H and O–H groups in total. The molecule has 5 rings (SSSR count). The number of aryl methyl sites for hydroxylation is 1. The van der Waals surface area contributed by atoms with E-state index in [9.17, 15) is 0 Å². The molecular weight excluding hydrogens is 422 g/mol. The number of hydrogen-bond acceptors (Lipinski definition) is 5. The molecule has 176 valence electrons. The van der Waals surface area contributed by atoms with Crippen LogP contribution in [0.2, 0.25) is 0 Å². The Morgan fingerprint density at radius 1 is 1.21 bits per heavy atom. The lowest BCUT2D eigenvalue weighted by Gasteiger charge is -2.44. The highest BCUT2D eigenvalue weighted by Gasteiger charge is 2.38. The molecule has 3 unspecified atom stereocenters. The van der Waals surface area contributed by atoms with E-state index < -0.39 is 0 Å². The van der Waals surface area contributed by atoms with Gasteiger partial charge in [-0.1, -0.05) is 42.5 Å². The number of allylic oxidation sites excluding steroid dienone is 3. The van der Waals surface area contributed by atoms with Crippen molar-refractivity contribution in [3.8, 4) is 0 Å². The van der Waals surface area contributed by atoms with E-state index in [4.69, 9.17) is 20.4 Å². The number of pyridine rings is 1. The van der Waals surface area contributed by atoms with E-state index >= 15 is 0 Å². The van der Waals surface area contributed by atoms with Gasteiger partial charge >= 0.3 is 0 Å². The Balaban J connectivity index is 1.71. The van der Waals surface area contributed by atoms with Crippen molar-refractivity contribution in [3.63, 3.8) is 0 Å². The Hall–Kier alpha value is -3.22. The summed E-state index contributed by atoms with van der Waals surface area (Å²) in [6.07, 6.45) is 18.7. The second kappa shape index (κ2) is 10.4. The third kappa shape index (κ3) is 4.43. The topological polar surface area (TPSA) is 80.1 Å². The summed E-state index contributed by atoms with van der Waals surface area (Å²) in [5.74, 6) is 1.24. The van der Waals surface area contributed by atoms with Gasteiger partial charge in [0.1, 0.15) is 5.82 Å². The van der Waals surface area contributed by atoms with Crippen LogP contribution in [0.15, 0.2) is 73.2 Å². The number of aromatic amines is 1. The molecule has 3 aromatic rings. The van der Waals surface area contributed by atoms with Crippen LogP contribution in [0.5, 0.6) is 0 Å². The molecule has 0 radical (unpaired) electrons. The highest BCUT2D eigenvalue weighted by atomic mass is 16.5. The molecule has 0 bridgehead atoms. The molecule has 0 amide bonds. The van der Waals surface area contributed by atoms with Crippen LogP contribution >= 0.6 is 0 Å². The lowest BCUT2D eigenvalue weighted by molar-refractivity contribution is 0.184. The number of imidazole rings is 1. The van der Waals surface area contributed by atoms with Crippen LogP contribution in [0.25, 0.3) is 0 Å². The standard InChI is InChI=1S/C28H33N5O/c1-34-19-23-17-20(18-29)12-13-24(23)33(25-11-5-9-21-10-6-14-30-26(21)25)27(28-31-15-16-32-28)22-7-3-2-4-8-22/h2-4,6-7,10,12-17,22,25,27H,5,8-9,11,18-19,29H2,1H3,(H,31,32). The third-order valence-electron chi connectivity index (χ3n) is 6.98. The molecule has 34 heavy (non-hydrogen) atoms. The van der Waals surface area contributed by atoms with Crippen molar-refractivity contribution in [3.05, 3.63) is 101 Å². The highest BCUT2D eigenvalue weighted by Crippen LogP contribution is 2.46. The first-order chi connectivity index (χ1) is 16.8. The number of rotatable bonds is 8. The molecule has 0 fully saturated rings. The third-order valence-corrected chi connectivity index (χ3v) is 6.98. The van der Waals surface area contributed by atoms with Crippen molar-refractivity contribution in [2.24, 2.45) is 11.7 Å². The van der Waals surface area contributed by atoms with Crippen LogP contribution in [0.1, 0.15) is 59.6 Å². The van der Waals surface area contributed by atoms with Crippen LogP contribution < -0.4 is 10.6 Å². The fourth-order valence-corrected chi connectivity index (χ4v) is 5.47. The molecule has 0 saturated carbocycles. The van der Waals surface area contributed by atoms with Crippen molar-refractivity contribution in [1.82, 2.24) is 15.0 Å². The monoisotopic (exact) mass is 455 g/mol. The molecule has 6 heteroatoms. The van der Waals surface area contributed by atoms with Gasteiger partial charge in [-0.3, -0.25) is 4.98 Å². The van der Waals surface area contributed by atoms with E-state index in [-0.39, 0.29) is 18.0 Å². The first-order valence-electron chi connectivity index (χ1n) is 12.2. The van der Waals surface area contributed by atoms with Crippen LogP contribution in [-0.4, -0.2) is 22.1 Å². The number of benzene rings is 1. The largest absolute Gasteiger partial charge is 0.380 e. The Morgan fingerprint density at radius 3 is 2.91 bits per heavy atom. The zero-order chi connectivity index (χ0) is 23.3. The molecule has 2 aromatic heterocycles. The van der Waals surface area contributed by atoms with Gasteiger partial charge in [0.15, 0.2) is 0 Å². The van der Waals surface area contributed by atoms with Crippen LogP contribution in [0.3, 0.4) is 0 Å². The van der Waals surface area contributed by atoms with Gasteiger partial charge in [-0.2, -0.15) is 0 Å². The van der Waals surface area contributed by atoms with E-state index in [0.717, 1.165) is 48.3 Å². The van der Waals surface area contributed by atoms with Crippen molar-refractivity contribution >= 4 is 5.69 Å². The minimum atomic E-state index is 0.0217. The maximum Gasteiger partial charge on any atom is 0.129 e. The molecule has 2 aliphatic rings. The number of ether oxygens (including phenoxy) is 1. The number of fused-ring (bicyclic) bond motifs is 1. The molecule has 3 atom stereocenters. The fraction of sp³-hybridized carbons (Fsp3) is 0.357. The number of aromatic nitrogens is 3. The van der Waals surface area contributed by atoms with E-state index in [1.807, 2.05) is 18.6 Å². The number of nitrogens with one attached hydrogen (secondary N) is 1. The van der Waals surface area contributed by atoms with Gasteiger partial charge in [0.25, 0.3) is 0 Å². The predicted molar refractivity (Wildman–Crippen MR) is 135 cm³/mol. The smallest absolute Gasteiger partial charge is 0.129 e. The summed E-state index contributed by atoms with van der Waals surface area (Å²) in [5.41, 5.74) is 11.9. The summed E-state index contributed by atoms with van der Waals surface area (Å²) in [5, 5.41) is 0. The minimum Gasteiger partial charge on any atom is -0.380 e. The Labute approximate surface area is 201 Å². The lowest BCUT2D eigenvalue weighted by atomic mass is 9.85. The number of nitrogens with zero attached hydrogens (tertiary/aromatic N) is 3. The van der Waals surface area contributed by atoms with Gasteiger partial charge < -0.3 is 20.4 Å². The van der Waals surface area contributed by atoms with Crippen molar-refractivity contribution in [2.75, 3.05) is 12.0 Å². The normalized spacial score (nSPS) is 20.2. The average molecular weight is 456 g/mol. The Bertz CT molecular complexity index is 1150. The van der Waals surface area contributed by atoms with Gasteiger partial charge in [-0.15, -0.1) is 0 Å². The molecular formula is C28H33N5O. The summed E-state index contributed by atoms with van der Waals surface area (Å²) in [7, 11) is 1.75. The van der Waals surface area contributed by atoms with Crippen molar-refractivity contribution in [2.45, 2.75) is 50.9 Å². The Morgan fingerprint density at radius 2 is 2.15 bits per heavy atom. The van der Waals surface area contributed by atoms with E-state index in [0.29, 0.717) is 13.2 Å². The summed E-state index contributed by atoms with van der Waals surface area (Å²) < 4.78 is 5.66. The van der Waals surface area contributed by atoms with Gasteiger partial charge in [-0.25, -0.2) is 4.98 Å². The maximum absolute atomic E-state index is 6.00. The second-order valence-corrected chi connectivity index (χ2v) is 9.10. The summed E-state index contributed by atoms with van der Waals surface area (Å²) in [6.45, 7) is 1.02. The number of anilines is 1. The number of hydrogen-bond donors (Lipinski definition) is 2. The van der Waals surface area contributed by atoms with Gasteiger partial charge in [-0.05, 0) is 48.9 Å². The van der Waals surface area contributed by atoms with Crippen molar-refractivity contribution < 1.29 is 4.74 Å². The zero-order valence-corrected chi connectivity index (χ0v) is 19.7. The SMILES string of the molecule is COCc1cc(CN)ccc1N(C1CCCc2cccnc21)C(c1ncc[nH]1)C1C=CC=CC1. The quantitative estimate of drug-likeness (QED) is 0.490. The number of H-pyrrole nitrogens is 1. The lowest BCUT2D eigenvalue weighted by Crippen LogP contribution is -2.40. The van der Waals surface area contributed by atoms with E-state index in [1.165, 1.54) is 11.3 Å². The van der Waals surface area contributed by atoms with Gasteiger partial charge in [0.2, 0.25) is 0 Å². The molecule has 0 aliphatic heterocycles. The molecule has 0 spiro atoms. The van der Waals surface area contributed by atoms with Crippen LogP contribution in [0, 0.1) is 5.92 Å². The summed E-state index contributed by atoms with van der Waals surface area (Å²) >= 11 is 0. The van der Waals surface area contributed by atoms with E-state index in [2.05, 4.69) is 64.5 Å². The summed E-state index contributed by atoms with van der Waals surface area (Å²) in [6, 6.07) is 11.0. The Kier molecular flexibility index (Phi) is 6.88. The minimum absolute atomic E-state index is 0.0217. The first-order valence-corrected chi connectivity index (χ1v) is 12.2. The van der Waals surface area contributed by atoms with Gasteiger partial charge in [0.05, 0.1) is 24.4 Å². The second-order valence-electron chi connectivity index (χ2n) is 9.10. The fourth-order valence-electron chi connectivity index (χ4n) is 5.47. The van der Waals surface area contributed by atoms with Gasteiger partial charge in [0, 0.05) is 49.4 Å². The van der Waals surface area contributed by atoms with Crippen LogP contribution in [0.4, 0.5) is 5.69 Å². The molecule has 0 saturated heterocycles. The van der Waals surface area contributed by atoms with Crippen LogP contribution in [-0.2, 0) is 24.3 Å². The molecule has 2 aliphatic carbocycles. The molecule has 6 nitrogen and oxygen atoms in total. The predicted octanol–water partition coefficient (Wildman–Crippen LogP) is 5.17. The van der Waals surface area contributed by atoms with E-state index in [1.54, 1.807) is 7.11 Å². The highest BCUT2D eigenvalue weighted by molar-refractivity contribution is 5.58. The zero-order valence-electron chi connectivity index (χ0n) is 19.7. The number of nitrogens with two attached hydrogens (primary N) is 1. The number of methoxy groups -OCH3 is 1. The molecule has 1 aromatic carbocycles. The average Bonchev–Trinajstić information content (AvgIpc) is 3.42. The maximum atomic E-state index is 6.00. The van der Waals surface area contributed by atoms with Crippen molar-refractivity contribution in [1.29, 1.82) is 0 Å².